The topological polar surface area (TPSA) is 98.2 Å². The van der Waals surface area contributed by atoms with E-state index in [9.17, 15) is 9.18 Å². The molecule has 0 radical (unpaired) electrons. The average molecular weight is 340 g/mol. The number of aromatic nitrogens is 4. The van der Waals surface area contributed by atoms with Gasteiger partial charge in [-0.2, -0.15) is 4.52 Å². The number of halogens is 1. The Labute approximate surface area is 143 Å². The lowest BCUT2D eigenvalue weighted by Crippen LogP contribution is -2.37. The summed E-state index contributed by atoms with van der Waals surface area (Å²) in [6.45, 7) is 0. The van der Waals surface area contributed by atoms with Gasteiger partial charge in [0.25, 0.3) is 0 Å². The van der Waals surface area contributed by atoms with E-state index in [1.807, 2.05) is 6.07 Å². The van der Waals surface area contributed by atoms with Gasteiger partial charge in [-0.15, -0.1) is 15.3 Å². The third kappa shape index (κ3) is 3.02. The predicted molar refractivity (Wildman–Crippen MR) is 90.1 cm³/mol. The highest BCUT2D eigenvalue weighted by molar-refractivity contribution is 5.74. The van der Waals surface area contributed by atoms with Crippen LogP contribution in [0.5, 0.6) is 0 Å². The second kappa shape index (κ2) is 6.12. The number of rotatable bonds is 5. The summed E-state index contributed by atoms with van der Waals surface area (Å²) in [4.78, 5) is 10.9. The van der Waals surface area contributed by atoms with Crippen molar-refractivity contribution in [1.29, 1.82) is 0 Å². The fourth-order valence-electron chi connectivity index (χ4n) is 3.19. The van der Waals surface area contributed by atoms with Crippen LogP contribution >= 0.6 is 0 Å². The Morgan fingerprint density at radius 1 is 1.24 bits per heavy atom. The quantitative estimate of drug-likeness (QED) is 0.740. The maximum Gasteiger partial charge on any atom is 0.217 e. The van der Waals surface area contributed by atoms with Crippen LogP contribution in [0.25, 0.3) is 17.0 Å². The van der Waals surface area contributed by atoms with Crippen LogP contribution in [0, 0.1) is 11.7 Å². The number of carbonyl (C=O) groups is 1. The van der Waals surface area contributed by atoms with E-state index in [0.29, 0.717) is 35.2 Å². The summed E-state index contributed by atoms with van der Waals surface area (Å²) in [7, 11) is 0. The van der Waals surface area contributed by atoms with Gasteiger partial charge in [0.05, 0.1) is 5.56 Å². The number of hydrogen-bond acceptors (Lipinski definition) is 5. The number of nitrogens with one attached hydrogen (secondary N) is 1. The van der Waals surface area contributed by atoms with Crippen molar-refractivity contribution in [3.05, 3.63) is 42.2 Å². The lowest BCUT2D eigenvalue weighted by atomic mass is 9.78. The summed E-state index contributed by atoms with van der Waals surface area (Å²) < 4.78 is 15.6. The highest BCUT2D eigenvalue weighted by atomic mass is 19.1. The lowest BCUT2D eigenvalue weighted by molar-refractivity contribution is -0.119. The van der Waals surface area contributed by atoms with E-state index in [2.05, 4.69) is 20.6 Å². The van der Waals surface area contributed by atoms with E-state index in [0.717, 1.165) is 12.8 Å². The minimum atomic E-state index is -0.370. The van der Waals surface area contributed by atoms with Crippen molar-refractivity contribution in [2.45, 2.75) is 25.3 Å². The smallest absolute Gasteiger partial charge is 0.217 e. The lowest BCUT2D eigenvalue weighted by Gasteiger charge is -2.35. The Morgan fingerprint density at radius 3 is 2.80 bits per heavy atom. The first-order valence-electron chi connectivity index (χ1n) is 8.12. The zero-order chi connectivity index (χ0) is 17.4. The molecule has 0 aliphatic heterocycles. The molecule has 8 heteroatoms. The van der Waals surface area contributed by atoms with Gasteiger partial charge >= 0.3 is 0 Å². The van der Waals surface area contributed by atoms with E-state index in [1.165, 1.54) is 10.6 Å². The molecule has 0 unspecified atom stereocenters. The molecule has 3 N–H and O–H groups in total. The summed E-state index contributed by atoms with van der Waals surface area (Å²) in [5.74, 6) is 0.722. The molecule has 1 fully saturated rings. The monoisotopic (exact) mass is 340 g/mol. The van der Waals surface area contributed by atoms with E-state index in [4.69, 9.17) is 5.73 Å². The van der Waals surface area contributed by atoms with Gasteiger partial charge in [0.1, 0.15) is 11.6 Å². The normalized spacial score (nSPS) is 19.6. The number of primary amides is 1. The zero-order valence-electron chi connectivity index (χ0n) is 13.4. The molecule has 7 nitrogen and oxygen atoms in total. The van der Waals surface area contributed by atoms with Gasteiger partial charge in [-0.05, 0) is 43.0 Å². The van der Waals surface area contributed by atoms with Crippen LogP contribution in [0.4, 0.5) is 10.2 Å². The molecule has 1 saturated carbocycles. The van der Waals surface area contributed by atoms with Crippen molar-refractivity contribution >= 4 is 17.4 Å². The second-order valence-electron chi connectivity index (χ2n) is 6.34. The number of fused-ring (bicyclic) bond motifs is 1. The molecule has 1 aromatic carbocycles. The van der Waals surface area contributed by atoms with Crippen molar-refractivity contribution < 1.29 is 9.18 Å². The van der Waals surface area contributed by atoms with Gasteiger partial charge < -0.3 is 11.1 Å². The van der Waals surface area contributed by atoms with Gasteiger partial charge in [-0.1, -0.05) is 12.1 Å². The number of anilines is 1. The standard InChI is InChI=1S/C17H17FN6O/c18-13-4-2-1-3-12(13)17-22-21-16-6-5-15(23-24(16)17)20-11-7-10(8-11)9-14(19)25/h1-6,10-11H,7-9H2,(H2,19,25)(H,20,23). The van der Waals surface area contributed by atoms with E-state index in [-0.39, 0.29) is 17.8 Å². The van der Waals surface area contributed by atoms with Crippen LogP contribution < -0.4 is 11.1 Å². The van der Waals surface area contributed by atoms with Gasteiger partial charge in [-0.3, -0.25) is 4.79 Å². The van der Waals surface area contributed by atoms with Gasteiger partial charge in [-0.25, -0.2) is 4.39 Å². The Kier molecular flexibility index (Phi) is 3.79. The SMILES string of the molecule is NC(=O)CC1CC(Nc2ccc3nnc(-c4ccccc4F)n3n2)C1. The third-order valence-electron chi connectivity index (χ3n) is 4.46. The Bertz CT molecular complexity index is 934. The molecular weight excluding hydrogens is 323 g/mol. The zero-order valence-corrected chi connectivity index (χ0v) is 13.4. The molecule has 1 aliphatic rings. The molecule has 25 heavy (non-hydrogen) atoms. The van der Waals surface area contributed by atoms with Crippen molar-refractivity contribution in [3.8, 4) is 11.4 Å². The van der Waals surface area contributed by atoms with Gasteiger partial charge in [0, 0.05) is 12.5 Å². The molecule has 128 valence electrons. The van der Waals surface area contributed by atoms with E-state index < -0.39 is 0 Å². The third-order valence-corrected chi connectivity index (χ3v) is 4.46. The summed E-state index contributed by atoms with van der Waals surface area (Å²) in [5.41, 5.74) is 6.11. The molecule has 0 atom stereocenters. The second-order valence-corrected chi connectivity index (χ2v) is 6.34. The maximum atomic E-state index is 14.0. The first-order valence-corrected chi connectivity index (χ1v) is 8.12. The number of hydrogen-bond donors (Lipinski definition) is 2. The molecule has 0 saturated heterocycles. The molecule has 1 amide bonds. The first-order chi connectivity index (χ1) is 12.1. The fraction of sp³-hybridized carbons (Fsp3) is 0.294. The van der Waals surface area contributed by atoms with E-state index in [1.54, 1.807) is 24.3 Å². The number of benzene rings is 1. The largest absolute Gasteiger partial charge is 0.370 e. The number of carbonyl (C=O) groups excluding carboxylic acids is 1. The fourth-order valence-corrected chi connectivity index (χ4v) is 3.19. The van der Waals surface area contributed by atoms with Crippen LogP contribution in [0.15, 0.2) is 36.4 Å². The minimum absolute atomic E-state index is 0.252. The minimum Gasteiger partial charge on any atom is -0.370 e. The number of amides is 1. The van der Waals surface area contributed by atoms with Crippen molar-refractivity contribution in [1.82, 2.24) is 19.8 Å². The van der Waals surface area contributed by atoms with Crippen molar-refractivity contribution in [2.24, 2.45) is 11.7 Å². The van der Waals surface area contributed by atoms with Crippen LogP contribution in [0.2, 0.25) is 0 Å². The summed E-state index contributed by atoms with van der Waals surface area (Å²) in [6.07, 6.45) is 2.18. The van der Waals surface area contributed by atoms with E-state index >= 15 is 0 Å². The van der Waals surface area contributed by atoms with Gasteiger partial charge in [0.2, 0.25) is 5.91 Å². The molecular formula is C17H17FN6O. The molecule has 2 heterocycles. The Morgan fingerprint density at radius 2 is 2.04 bits per heavy atom. The molecule has 2 aromatic heterocycles. The first kappa shape index (κ1) is 15.5. The number of nitrogens with two attached hydrogens (primary N) is 1. The van der Waals surface area contributed by atoms with Crippen LogP contribution in [0.1, 0.15) is 19.3 Å². The highest BCUT2D eigenvalue weighted by Crippen LogP contribution is 2.32. The molecule has 3 aromatic rings. The van der Waals surface area contributed by atoms with Gasteiger partial charge in [0.15, 0.2) is 11.5 Å². The van der Waals surface area contributed by atoms with Crippen molar-refractivity contribution in [3.63, 3.8) is 0 Å². The van der Waals surface area contributed by atoms with Crippen LogP contribution in [-0.2, 0) is 4.79 Å². The molecule has 0 spiro atoms. The molecule has 4 rings (SSSR count). The summed E-state index contributed by atoms with van der Waals surface area (Å²) in [5, 5.41) is 15.9. The maximum absolute atomic E-state index is 14.0. The predicted octanol–water partition coefficient (Wildman–Crippen LogP) is 2.00. The average Bonchev–Trinajstić information content (AvgIpc) is 2.96. The highest BCUT2D eigenvalue weighted by Gasteiger charge is 2.30. The Hall–Kier alpha value is -3.03. The van der Waals surface area contributed by atoms with Crippen molar-refractivity contribution in [2.75, 3.05) is 5.32 Å². The summed E-state index contributed by atoms with van der Waals surface area (Å²) >= 11 is 0. The van der Waals surface area contributed by atoms with Crippen LogP contribution in [-0.4, -0.2) is 31.8 Å². The Balaban J connectivity index is 1.55. The van der Waals surface area contributed by atoms with Crippen LogP contribution in [0.3, 0.4) is 0 Å². The number of nitrogens with zero attached hydrogens (tertiary/aromatic N) is 4. The molecule has 0 bridgehead atoms. The summed E-state index contributed by atoms with van der Waals surface area (Å²) in [6, 6.07) is 10.3. The molecule has 1 aliphatic carbocycles.